The van der Waals surface area contributed by atoms with Crippen LogP contribution in [0.4, 0.5) is 0 Å². The molecule has 0 amide bonds. The van der Waals surface area contributed by atoms with Crippen molar-refractivity contribution in [2.75, 3.05) is 5.75 Å². The largest absolute Gasteiger partial charge is 0.315 e. The number of nitrogens with zero attached hydrogens (tertiary/aromatic N) is 1. The zero-order valence-corrected chi connectivity index (χ0v) is 10.8. The summed E-state index contributed by atoms with van der Waals surface area (Å²) in [5, 5.41) is 11.6. The predicted octanol–water partition coefficient (Wildman–Crippen LogP) is 3.09. The molecule has 17 heavy (non-hydrogen) atoms. The Morgan fingerprint density at radius 2 is 2.41 bits per heavy atom. The predicted molar refractivity (Wildman–Crippen MR) is 71.5 cm³/mol. The molecule has 0 bridgehead atoms. The highest BCUT2D eigenvalue weighted by Crippen LogP contribution is 2.25. The Labute approximate surface area is 107 Å². The average molecular weight is 262 g/mol. The lowest BCUT2D eigenvalue weighted by Gasteiger charge is -2.03. The molecular formula is C12H10N2OS2. The van der Waals surface area contributed by atoms with Crippen molar-refractivity contribution in [1.82, 2.24) is 4.98 Å². The van der Waals surface area contributed by atoms with Gasteiger partial charge in [0.05, 0.1) is 16.2 Å². The molecule has 0 saturated carbocycles. The second kappa shape index (κ2) is 5.21. The van der Waals surface area contributed by atoms with Gasteiger partial charge in [-0.15, -0.1) is 23.1 Å². The summed E-state index contributed by atoms with van der Waals surface area (Å²) in [4.78, 5) is 15.6. The number of thioether (sulfide) groups is 1. The summed E-state index contributed by atoms with van der Waals surface area (Å²) in [5.41, 5.74) is 0.958. The quantitative estimate of drug-likeness (QED) is 0.865. The molecule has 2 aromatic heterocycles. The summed E-state index contributed by atoms with van der Waals surface area (Å²) in [6.45, 7) is 1.98. The van der Waals surface area contributed by atoms with Crippen molar-refractivity contribution in [2.24, 2.45) is 0 Å². The third-order valence-corrected chi connectivity index (χ3v) is 4.00. The van der Waals surface area contributed by atoms with Gasteiger partial charge in [-0.25, -0.2) is 0 Å². The number of aromatic amines is 1. The summed E-state index contributed by atoms with van der Waals surface area (Å²) in [6, 6.07) is 7.56. The first-order valence-electron chi connectivity index (χ1n) is 5.10. The highest BCUT2D eigenvalue weighted by Gasteiger charge is 2.10. The van der Waals surface area contributed by atoms with Gasteiger partial charge >= 0.3 is 0 Å². The number of nitrogens with one attached hydrogen (secondary N) is 1. The molecule has 0 aliphatic carbocycles. The van der Waals surface area contributed by atoms with Crippen LogP contribution in [0.25, 0.3) is 10.4 Å². The summed E-state index contributed by atoms with van der Waals surface area (Å²) < 4.78 is 0. The van der Waals surface area contributed by atoms with Crippen LogP contribution in [0.3, 0.4) is 0 Å². The maximum Gasteiger partial charge on any atom is 0.257 e. The lowest BCUT2D eigenvalue weighted by molar-refractivity contribution is 1.07. The highest BCUT2D eigenvalue weighted by molar-refractivity contribution is 7.99. The maximum absolute atomic E-state index is 11.9. The Hall–Kier alpha value is -1.51. The number of rotatable bonds is 3. The van der Waals surface area contributed by atoms with Gasteiger partial charge in [-0.3, -0.25) is 4.79 Å². The van der Waals surface area contributed by atoms with E-state index in [1.54, 1.807) is 6.07 Å². The normalized spacial score (nSPS) is 10.1. The van der Waals surface area contributed by atoms with Gasteiger partial charge in [-0.1, -0.05) is 13.0 Å². The van der Waals surface area contributed by atoms with Crippen LogP contribution >= 0.6 is 23.1 Å². The molecule has 5 heteroatoms. The van der Waals surface area contributed by atoms with E-state index in [4.69, 9.17) is 5.26 Å². The molecule has 0 aliphatic rings. The van der Waals surface area contributed by atoms with Crippen LogP contribution in [0.5, 0.6) is 0 Å². The van der Waals surface area contributed by atoms with Crippen LogP contribution in [-0.2, 0) is 0 Å². The van der Waals surface area contributed by atoms with Crippen LogP contribution in [0.2, 0.25) is 0 Å². The third-order valence-electron chi connectivity index (χ3n) is 2.20. The van der Waals surface area contributed by atoms with E-state index in [0.717, 1.165) is 10.6 Å². The number of hydrogen-bond donors (Lipinski definition) is 1. The summed E-state index contributed by atoms with van der Waals surface area (Å²) in [5.74, 6) is 0.822. The topological polar surface area (TPSA) is 56.6 Å². The minimum Gasteiger partial charge on any atom is -0.315 e. The number of thiophene rings is 1. The van der Waals surface area contributed by atoms with Crippen molar-refractivity contribution in [3.63, 3.8) is 0 Å². The molecule has 86 valence electrons. The second-order valence-electron chi connectivity index (χ2n) is 3.28. The Kier molecular flexibility index (Phi) is 3.67. The molecule has 0 unspecified atom stereocenters. The minimum atomic E-state index is -0.137. The van der Waals surface area contributed by atoms with Gasteiger partial charge in [0.1, 0.15) is 6.07 Å². The zero-order valence-electron chi connectivity index (χ0n) is 9.19. The van der Waals surface area contributed by atoms with E-state index in [-0.39, 0.29) is 5.56 Å². The molecule has 0 atom stereocenters. The molecule has 0 fully saturated rings. The maximum atomic E-state index is 11.9. The van der Waals surface area contributed by atoms with Crippen molar-refractivity contribution in [3.8, 4) is 16.5 Å². The fourth-order valence-electron chi connectivity index (χ4n) is 1.47. The SMILES string of the molecule is CCSc1[nH]c(=O)c(-c2cccs2)cc1C#N. The van der Waals surface area contributed by atoms with Crippen molar-refractivity contribution >= 4 is 23.1 Å². The van der Waals surface area contributed by atoms with E-state index in [9.17, 15) is 4.79 Å². The molecular weight excluding hydrogens is 252 g/mol. The molecule has 2 aromatic rings. The van der Waals surface area contributed by atoms with Gasteiger partial charge in [0.15, 0.2) is 0 Å². The molecule has 0 spiro atoms. The first-order valence-corrected chi connectivity index (χ1v) is 6.97. The van der Waals surface area contributed by atoms with Gasteiger partial charge in [-0.2, -0.15) is 5.26 Å². The Balaban J connectivity index is 2.58. The number of hydrogen-bond acceptors (Lipinski definition) is 4. The van der Waals surface area contributed by atoms with E-state index in [1.165, 1.54) is 23.1 Å². The smallest absolute Gasteiger partial charge is 0.257 e. The number of H-pyrrole nitrogens is 1. The van der Waals surface area contributed by atoms with E-state index in [2.05, 4.69) is 11.1 Å². The van der Waals surface area contributed by atoms with Crippen LogP contribution in [0.1, 0.15) is 12.5 Å². The van der Waals surface area contributed by atoms with Crippen molar-refractivity contribution in [3.05, 3.63) is 39.5 Å². The third kappa shape index (κ3) is 2.43. The van der Waals surface area contributed by atoms with Crippen LogP contribution in [0, 0.1) is 11.3 Å². The van der Waals surface area contributed by atoms with Crippen LogP contribution in [0.15, 0.2) is 33.4 Å². The fraction of sp³-hybridized carbons (Fsp3) is 0.167. The van der Waals surface area contributed by atoms with E-state index in [0.29, 0.717) is 16.2 Å². The van der Waals surface area contributed by atoms with Crippen molar-refractivity contribution in [1.29, 1.82) is 5.26 Å². The monoisotopic (exact) mass is 262 g/mol. The number of nitriles is 1. The van der Waals surface area contributed by atoms with Gasteiger partial charge < -0.3 is 4.98 Å². The first-order chi connectivity index (χ1) is 8.26. The standard InChI is InChI=1S/C12H10N2OS2/c1-2-16-12-8(7-13)6-9(11(15)14-12)10-4-3-5-17-10/h3-6H,2H2,1H3,(H,14,15). The van der Waals surface area contributed by atoms with E-state index >= 15 is 0 Å². The molecule has 2 rings (SSSR count). The lowest BCUT2D eigenvalue weighted by atomic mass is 10.2. The van der Waals surface area contributed by atoms with Gasteiger partial charge in [0.2, 0.25) is 0 Å². The molecule has 0 saturated heterocycles. The Morgan fingerprint density at radius 1 is 1.59 bits per heavy atom. The van der Waals surface area contributed by atoms with Crippen molar-refractivity contribution < 1.29 is 0 Å². The van der Waals surface area contributed by atoms with Gasteiger partial charge in [0.25, 0.3) is 5.56 Å². The highest BCUT2D eigenvalue weighted by atomic mass is 32.2. The van der Waals surface area contributed by atoms with E-state index < -0.39 is 0 Å². The average Bonchev–Trinajstić information content (AvgIpc) is 2.83. The molecule has 0 aliphatic heterocycles. The molecule has 3 nitrogen and oxygen atoms in total. The molecule has 1 N–H and O–H groups in total. The Bertz CT molecular complexity index is 608. The summed E-state index contributed by atoms with van der Waals surface area (Å²) in [7, 11) is 0. The Morgan fingerprint density at radius 3 is 3.00 bits per heavy atom. The van der Waals surface area contributed by atoms with Crippen molar-refractivity contribution in [2.45, 2.75) is 11.9 Å². The zero-order chi connectivity index (χ0) is 12.3. The first kappa shape index (κ1) is 12.0. The fourth-order valence-corrected chi connectivity index (χ4v) is 2.92. The number of aromatic nitrogens is 1. The van der Waals surface area contributed by atoms with Crippen LogP contribution < -0.4 is 5.56 Å². The molecule has 0 radical (unpaired) electrons. The molecule has 2 heterocycles. The number of pyridine rings is 1. The summed E-state index contributed by atoms with van der Waals surface area (Å²) in [6.07, 6.45) is 0. The molecule has 0 aromatic carbocycles. The summed E-state index contributed by atoms with van der Waals surface area (Å²) >= 11 is 2.96. The second-order valence-corrected chi connectivity index (χ2v) is 5.50. The van der Waals surface area contributed by atoms with Crippen LogP contribution in [-0.4, -0.2) is 10.7 Å². The van der Waals surface area contributed by atoms with Gasteiger partial charge in [0, 0.05) is 4.88 Å². The minimum absolute atomic E-state index is 0.137. The lowest BCUT2D eigenvalue weighted by Crippen LogP contribution is -2.10. The van der Waals surface area contributed by atoms with E-state index in [1.807, 2.05) is 24.4 Å². The van der Waals surface area contributed by atoms with Gasteiger partial charge in [-0.05, 0) is 23.3 Å².